The molecule has 0 bridgehead atoms. The highest BCUT2D eigenvalue weighted by Crippen LogP contribution is 2.19. The number of amides is 1. The first kappa shape index (κ1) is 19.3. The average molecular weight is 392 g/mol. The van der Waals surface area contributed by atoms with Crippen molar-refractivity contribution in [1.29, 1.82) is 0 Å². The summed E-state index contributed by atoms with van der Waals surface area (Å²) in [5, 5.41) is 0. The van der Waals surface area contributed by atoms with E-state index in [2.05, 4.69) is 0 Å². The molecule has 0 radical (unpaired) electrons. The molecule has 27 heavy (non-hydrogen) atoms. The molecule has 1 aliphatic heterocycles. The van der Waals surface area contributed by atoms with Crippen LogP contribution >= 0.6 is 0 Å². The Labute approximate surface area is 158 Å². The first-order chi connectivity index (χ1) is 12.9. The van der Waals surface area contributed by atoms with Crippen LogP contribution in [0, 0.1) is 5.82 Å². The van der Waals surface area contributed by atoms with Crippen molar-refractivity contribution in [2.45, 2.75) is 17.9 Å². The third-order valence-electron chi connectivity index (χ3n) is 4.41. The number of nitrogens with zero attached hydrogens (tertiary/aromatic N) is 2. The minimum atomic E-state index is -3.70. The number of hydrogen-bond donors (Lipinski definition) is 0. The van der Waals surface area contributed by atoms with Crippen molar-refractivity contribution in [3.8, 4) is 5.75 Å². The fraction of sp³-hybridized carbons (Fsp3) is 0.316. The molecule has 1 amide bonds. The van der Waals surface area contributed by atoms with Crippen LogP contribution in [0.25, 0.3) is 0 Å². The highest BCUT2D eigenvalue weighted by Gasteiger charge is 2.32. The normalized spacial score (nSPS) is 16.7. The van der Waals surface area contributed by atoms with Crippen LogP contribution in [-0.2, 0) is 14.8 Å². The fourth-order valence-electron chi connectivity index (χ4n) is 2.92. The van der Waals surface area contributed by atoms with Gasteiger partial charge in [-0.15, -0.1) is 0 Å². The van der Waals surface area contributed by atoms with E-state index in [9.17, 15) is 17.6 Å². The van der Waals surface area contributed by atoms with Crippen LogP contribution in [0.4, 0.5) is 4.39 Å². The Kier molecular flexibility index (Phi) is 5.76. The Morgan fingerprint density at radius 2 is 1.59 bits per heavy atom. The zero-order chi connectivity index (χ0) is 19.4. The molecule has 1 heterocycles. The number of para-hydroxylation sites is 1. The van der Waals surface area contributed by atoms with Crippen molar-refractivity contribution >= 4 is 15.9 Å². The van der Waals surface area contributed by atoms with E-state index < -0.39 is 21.9 Å². The van der Waals surface area contributed by atoms with Crippen LogP contribution in [0.5, 0.6) is 5.75 Å². The summed E-state index contributed by atoms with van der Waals surface area (Å²) in [6, 6.07) is 13.8. The van der Waals surface area contributed by atoms with Gasteiger partial charge in [-0.3, -0.25) is 4.79 Å². The fourth-order valence-corrected chi connectivity index (χ4v) is 4.34. The number of carbonyl (C=O) groups excluding carboxylic acids is 1. The number of benzene rings is 2. The second-order valence-corrected chi connectivity index (χ2v) is 8.19. The van der Waals surface area contributed by atoms with E-state index in [1.54, 1.807) is 24.0 Å². The van der Waals surface area contributed by atoms with Crippen molar-refractivity contribution < 1.29 is 22.3 Å². The molecule has 3 rings (SSSR count). The van der Waals surface area contributed by atoms with Gasteiger partial charge in [-0.2, -0.15) is 4.31 Å². The number of carbonyl (C=O) groups is 1. The molecule has 0 saturated carbocycles. The molecule has 1 fully saturated rings. The Hall–Kier alpha value is -2.45. The maximum atomic E-state index is 13.0. The molecule has 0 aliphatic carbocycles. The highest BCUT2D eigenvalue weighted by atomic mass is 32.2. The summed E-state index contributed by atoms with van der Waals surface area (Å²) in [5.74, 6) is -0.0645. The van der Waals surface area contributed by atoms with Gasteiger partial charge < -0.3 is 9.64 Å². The number of halogens is 1. The van der Waals surface area contributed by atoms with Crippen molar-refractivity contribution in [2.24, 2.45) is 0 Å². The lowest BCUT2D eigenvalue weighted by Crippen LogP contribution is -2.53. The Balaban J connectivity index is 1.59. The van der Waals surface area contributed by atoms with E-state index in [1.807, 2.05) is 18.2 Å². The highest BCUT2D eigenvalue weighted by molar-refractivity contribution is 7.89. The van der Waals surface area contributed by atoms with Crippen LogP contribution in [-0.4, -0.2) is 55.8 Å². The van der Waals surface area contributed by atoms with Crippen molar-refractivity contribution in [1.82, 2.24) is 9.21 Å². The summed E-state index contributed by atoms with van der Waals surface area (Å²) in [6.45, 7) is 2.60. The summed E-state index contributed by atoms with van der Waals surface area (Å²) < 4.78 is 45.2. The largest absolute Gasteiger partial charge is 0.481 e. The van der Waals surface area contributed by atoms with Crippen LogP contribution in [0.1, 0.15) is 6.92 Å². The van der Waals surface area contributed by atoms with Crippen molar-refractivity contribution in [3.05, 3.63) is 60.4 Å². The van der Waals surface area contributed by atoms with Gasteiger partial charge in [0, 0.05) is 26.2 Å². The van der Waals surface area contributed by atoms with Gasteiger partial charge in [0.1, 0.15) is 11.6 Å². The minimum absolute atomic E-state index is 0.0458. The summed E-state index contributed by atoms with van der Waals surface area (Å²) in [6.07, 6.45) is -0.660. The van der Waals surface area contributed by atoms with Crippen molar-refractivity contribution in [2.75, 3.05) is 26.2 Å². The Bertz CT molecular complexity index is 880. The SMILES string of the molecule is C[C@H](Oc1ccccc1)C(=O)N1CCN(S(=O)(=O)c2ccc(F)cc2)CC1. The second-order valence-electron chi connectivity index (χ2n) is 6.26. The molecule has 8 heteroatoms. The number of piperazine rings is 1. The molecule has 2 aromatic rings. The molecule has 0 N–H and O–H groups in total. The van der Waals surface area contributed by atoms with Crippen LogP contribution in [0.15, 0.2) is 59.5 Å². The van der Waals surface area contributed by atoms with Gasteiger partial charge >= 0.3 is 0 Å². The van der Waals surface area contributed by atoms with Crippen LogP contribution in [0.2, 0.25) is 0 Å². The quantitative estimate of drug-likeness (QED) is 0.782. The molecule has 0 unspecified atom stereocenters. The number of hydrogen-bond acceptors (Lipinski definition) is 4. The molecule has 1 atom stereocenters. The zero-order valence-corrected chi connectivity index (χ0v) is 15.7. The predicted octanol–water partition coefficient (Wildman–Crippen LogP) is 2.13. The van der Waals surface area contributed by atoms with Crippen LogP contribution < -0.4 is 4.74 Å². The number of sulfonamides is 1. The van der Waals surface area contributed by atoms with E-state index in [-0.39, 0.29) is 37.0 Å². The summed E-state index contributed by atoms with van der Waals surface area (Å²) in [4.78, 5) is 14.2. The predicted molar refractivity (Wildman–Crippen MR) is 98.3 cm³/mol. The van der Waals surface area contributed by atoms with Gasteiger partial charge in [0.2, 0.25) is 10.0 Å². The molecule has 1 saturated heterocycles. The second kappa shape index (κ2) is 8.06. The monoisotopic (exact) mass is 392 g/mol. The topological polar surface area (TPSA) is 66.9 Å². The molecular formula is C19H21FN2O4S. The molecule has 144 valence electrons. The van der Waals surface area contributed by atoms with Gasteiger partial charge in [-0.25, -0.2) is 12.8 Å². The number of rotatable bonds is 5. The standard InChI is InChI=1S/C19H21FN2O4S/c1-15(26-17-5-3-2-4-6-17)19(23)21-11-13-22(14-12-21)27(24,25)18-9-7-16(20)8-10-18/h2-10,15H,11-14H2,1H3/t15-/m0/s1. The molecule has 0 spiro atoms. The maximum absolute atomic E-state index is 13.0. The summed E-state index contributed by atoms with van der Waals surface area (Å²) in [5.41, 5.74) is 0. The van der Waals surface area contributed by atoms with Crippen LogP contribution in [0.3, 0.4) is 0 Å². The van der Waals surface area contributed by atoms with E-state index in [4.69, 9.17) is 4.74 Å². The third kappa shape index (κ3) is 4.45. The van der Waals surface area contributed by atoms with Gasteiger partial charge in [0.25, 0.3) is 5.91 Å². The molecule has 2 aromatic carbocycles. The Morgan fingerprint density at radius 3 is 2.19 bits per heavy atom. The van der Waals surface area contributed by atoms with Crippen molar-refractivity contribution in [3.63, 3.8) is 0 Å². The summed E-state index contributed by atoms with van der Waals surface area (Å²) in [7, 11) is -3.70. The minimum Gasteiger partial charge on any atom is -0.481 e. The summed E-state index contributed by atoms with van der Waals surface area (Å²) >= 11 is 0. The lowest BCUT2D eigenvalue weighted by molar-refractivity contribution is -0.139. The first-order valence-corrected chi connectivity index (χ1v) is 10.1. The van der Waals surface area contributed by atoms with E-state index >= 15 is 0 Å². The maximum Gasteiger partial charge on any atom is 0.263 e. The lowest BCUT2D eigenvalue weighted by Gasteiger charge is -2.35. The lowest BCUT2D eigenvalue weighted by atomic mass is 10.3. The smallest absolute Gasteiger partial charge is 0.263 e. The van der Waals surface area contributed by atoms with E-state index in [1.165, 1.54) is 16.4 Å². The van der Waals surface area contributed by atoms with E-state index in [0.29, 0.717) is 5.75 Å². The average Bonchev–Trinajstić information content (AvgIpc) is 2.68. The molecule has 6 nitrogen and oxygen atoms in total. The molecular weight excluding hydrogens is 371 g/mol. The van der Waals surface area contributed by atoms with Gasteiger partial charge in [0.05, 0.1) is 4.90 Å². The third-order valence-corrected chi connectivity index (χ3v) is 6.32. The van der Waals surface area contributed by atoms with E-state index in [0.717, 1.165) is 12.1 Å². The molecule has 1 aliphatic rings. The van der Waals surface area contributed by atoms with Gasteiger partial charge in [0.15, 0.2) is 6.10 Å². The van der Waals surface area contributed by atoms with Gasteiger partial charge in [-0.05, 0) is 43.3 Å². The first-order valence-electron chi connectivity index (χ1n) is 8.64. The molecule has 0 aromatic heterocycles. The van der Waals surface area contributed by atoms with Gasteiger partial charge in [-0.1, -0.05) is 18.2 Å². The Morgan fingerprint density at radius 1 is 1.00 bits per heavy atom. The zero-order valence-electron chi connectivity index (χ0n) is 14.9. The number of ether oxygens (including phenoxy) is 1.